The molecule has 1 aromatic heterocycles. The lowest BCUT2D eigenvalue weighted by molar-refractivity contribution is -0.129. The lowest BCUT2D eigenvalue weighted by Gasteiger charge is -2.23. The number of carbonyl (C=O) groups is 1. The number of rotatable bonds is 10. The third-order valence-electron chi connectivity index (χ3n) is 6.44. The zero-order valence-corrected chi connectivity index (χ0v) is 20.4. The fourth-order valence-corrected chi connectivity index (χ4v) is 5.30. The van der Waals surface area contributed by atoms with Crippen molar-refractivity contribution in [3.05, 3.63) is 66.4 Å². The number of hydrogen-bond donors (Lipinski definition) is 0. The van der Waals surface area contributed by atoms with E-state index in [0.717, 1.165) is 66.6 Å². The van der Waals surface area contributed by atoms with Crippen LogP contribution in [0.3, 0.4) is 0 Å². The van der Waals surface area contributed by atoms with Crippen LogP contribution in [0.25, 0.3) is 11.3 Å². The van der Waals surface area contributed by atoms with Crippen molar-refractivity contribution in [3.63, 3.8) is 0 Å². The van der Waals surface area contributed by atoms with Crippen LogP contribution in [0.4, 0.5) is 0 Å². The number of hydrogen-bond acceptors (Lipinski definition) is 5. The SMILES string of the molecule is COc1ccc(CN(C(=O)CSc2ncc(-c3ccccc3)n2CC2CCCO2)C2CC2)cc1. The zero-order chi connectivity index (χ0) is 23.3. The van der Waals surface area contributed by atoms with Crippen molar-refractivity contribution in [3.8, 4) is 17.0 Å². The fraction of sp³-hybridized carbons (Fsp3) is 0.407. The molecule has 0 spiro atoms. The fourth-order valence-electron chi connectivity index (χ4n) is 4.43. The minimum Gasteiger partial charge on any atom is -0.497 e. The van der Waals surface area contributed by atoms with Gasteiger partial charge in [-0.15, -0.1) is 0 Å². The normalized spacial score (nSPS) is 17.6. The highest BCUT2D eigenvalue weighted by atomic mass is 32.2. The topological polar surface area (TPSA) is 56.6 Å². The Kier molecular flexibility index (Phi) is 7.21. The maximum Gasteiger partial charge on any atom is 0.233 e. The second-order valence-corrected chi connectivity index (χ2v) is 9.87. The van der Waals surface area contributed by atoms with Crippen LogP contribution in [0, 0.1) is 0 Å². The number of aromatic nitrogens is 2. The molecular formula is C27H31N3O3S. The number of methoxy groups -OCH3 is 1. The van der Waals surface area contributed by atoms with Crippen molar-refractivity contribution >= 4 is 17.7 Å². The highest BCUT2D eigenvalue weighted by Gasteiger charge is 2.32. The molecule has 1 aliphatic carbocycles. The van der Waals surface area contributed by atoms with Gasteiger partial charge in [0.05, 0.1) is 37.4 Å². The quantitative estimate of drug-likeness (QED) is 0.384. The maximum absolute atomic E-state index is 13.3. The molecule has 0 bridgehead atoms. The Bertz CT molecular complexity index is 1090. The van der Waals surface area contributed by atoms with Gasteiger partial charge in [0.2, 0.25) is 5.91 Å². The Labute approximate surface area is 205 Å². The van der Waals surface area contributed by atoms with Crippen LogP contribution in [0.15, 0.2) is 66.0 Å². The average molecular weight is 478 g/mol. The average Bonchev–Trinajstić information content (AvgIpc) is 3.44. The summed E-state index contributed by atoms with van der Waals surface area (Å²) in [6.07, 6.45) is 6.45. The van der Waals surface area contributed by atoms with Crippen molar-refractivity contribution in [2.24, 2.45) is 0 Å². The van der Waals surface area contributed by atoms with E-state index in [1.165, 1.54) is 11.8 Å². The molecule has 7 heteroatoms. The van der Waals surface area contributed by atoms with Gasteiger partial charge in [-0.25, -0.2) is 4.98 Å². The van der Waals surface area contributed by atoms with Crippen LogP contribution in [0.1, 0.15) is 31.2 Å². The molecule has 6 nitrogen and oxygen atoms in total. The maximum atomic E-state index is 13.3. The summed E-state index contributed by atoms with van der Waals surface area (Å²) in [6.45, 7) is 2.22. The molecule has 1 saturated heterocycles. The van der Waals surface area contributed by atoms with E-state index >= 15 is 0 Å². The Balaban J connectivity index is 1.30. The number of imidazole rings is 1. The summed E-state index contributed by atoms with van der Waals surface area (Å²) < 4.78 is 13.4. The summed E-state index contributed by atoms with van der Waals surface area (Å²) >= 11 is 1.53. The van der Waals surface area contributed by atoms with Gasteiger partial charge in [-0.05, 0) is 48.9 Å². The van der Waals surface area contributed by atoms with Crippen molar-refractivity contribution in [2.75, 3.05) is 19.5 Å². The summed E-state index contributed by atoms with van der Waals surface area (Å²) in [5.74, 6) is 1.37. The first-order valence-electron chi connectivity index (χ1n) is 12.0. The molecule has 0 radical (unpaired) electrons. The number of amides is 1. The number of thioether (sulfide) groups is 1. The standard InChI is InChI=1S/C27H31N3O3S/c1-32-23-13-9-20(10-14-23)17-29(22-11-12-22)26(31)19-34-27-28-16-25(21-6-3-2-4-7-21)30(27)18-24-8-5-15-33-24/h2-4,6-7,9-10,13-14,16,22,24H,5,8,11-12,15,17-19H2,1H3. The first-order chi connectivity index (χ1) is 16.7. The minimum absolute atomic E-state index is 0.163. The second-order valence-electron chi connectivity index (χ2n) is 8.93. The van der Waals surface area contributed by atoms with Crippen LogP contribution >= 0.6 is 11.8 Å². The molecule has 0 N–H and O–H groups in total. The molecular weight excluding hydrogens is 446 g/mol. The highest BCUT2D eigenvalue weighted by molar-refractivity contribution is 7.99. The summed E-state index contributed by atoms with van der Waals surface area (Å²) in [4.78, 5) is 20.0. The van der Waals surface area contributed by atoms with Gasteiger partial charge in [-0.1, -0.05) is 54.2 Å². The van der Waals surface area contributed by atoms with E-state index in [4.69, 9.17) is 14.5 Å². The van der Waals surface area contributed by atoms with Gasteiger partial charge < -0.3 is 18.9 Å². The smallest absolute Gasteiger partial charge is 0.233 e. The Morgan fingerprint density at radius 2 is 1.94 bits per heavy atom. The summed E-state index contributed by atoms with van der Waals surface area (Å²) in [7, 11) is 1.66. The largest absolute Gasteiger partial charge is 0.497 e. The van der Waals surface area contributed by atoms with Crippen molar-refractivity contribution in [2.45, 2.75) is 56.1 Å². The molecule has 5 rings (SSSR count). The van der Waals surface area contributed by atoms with Gasteiger partial charge in [0, 0.05) is 19.2 Å². The van der Waals surface area contributed by atoms with E-state index < -0.39 is 0 Å². The molecule has 2 heterocycles. The lowest BCUT2D eigenvalue weighted by Crippen LogP contribution is -2.34. The number of ether oxygens (including phenoxy) is 2. The van der Waals surface area contributed by atoms with Crippen LogP contribution in [0.5, 0.6) is 5.75 Å². The Hall–Kier alpha value is -2.77. The molecule has 34 heavy (non-hydrogen) atoms. The van der Waals surface area contributed by atoms with Gasteiger partial charge in [0.15, 0.2) is 5.16 Å². The van der Waals surface area contributed by atoms with E-state index in [0.29, 0.717) is 18.3 Å². The number of nitrogens with zero attached hydrogens (tertiary/aromatic N) is 3. The minimum atomic E-state index is 0.163. The molecule has 1 amide bonds. The monoisotopic (exact) mass is 477 g/mol. The van der Waals surface area contributed by atoms with E-state index in [-0.39, 0.29) is 12.0 Å². The van der Waals surface area contributed by atoms with Gasteiger partial charge in [0.25, 0.3) is 0 Å². The van der Waals surface area contributed by atoms with Gasteiger partial charge >= 0.3 is 0 Å². The van der Waals surface area contributed by atoms with Crippen LogP contribution in [-0.2, 0) is 22.6 Å². The third kappa shape index (κ3) is 5.47. The second kappa shape index (κ2) is 10.7. The molecule has 1 unspecified atom stereocenters. The van der Waals surface area contributed by atoms with Gasteiger partial charge in [-0.3, -0.25) is 4.79 Å². The van der Waals surface area contributed by atoms with Crippen LogP contribution < -0.4 is 4.74 Å². The molecule has 1 aliphatic heterocycles. The number of benzene rings is 2. The molecule has 178 valence electrons. The van der Waals surface area contributed by atoms with Gasteiger partial charge in [-0.2, -0.15) is 0 Å². The molecule has 1 saturated carbocycles. The highest BCUT2D eigenvalue weighted by Crippen LogP contribution is 2.32. The summed E-state index contributed by atoms with van der Waals surface area (Å²) in [5.41, 5.74) is 3.32. The Morgan fingerprint density at radius 3 is 2.62 bits per heavy atom. The molecule has 3 aromatic rings. The predicted octanol–water partition coefficient (Wildman–Crippen LogP) is 5.02. The van der Waals surface area contributed by atoms with E-state index in [1.807, 2.05) is 53.6 Å². The van der Waals surface area contributed by atoms with Crippen molar-refractivity contribution in [1.82, 2.24) is 14.5 Å². The first kappa shape index (κ1) is 23.0. The van der Waals surface area contributed by atoms with Crippen molar-refractivity contribution < 1.29 is 14.3 Å². The predicted molar refractivity (Wildman–Crippen MR) is 134 cm³/mol. The third-order valence-corrected chi connectivity index (χ3v) is 7.42. The van der Waals surface area contributed by atoms with Crippen molar-refractivity contribution in [1.29, 1.82) is 0 Å². The molecule has 1 atom stereocenters. The lowest BCUT2D eigenvalue weighted by atomic mass is 10.1. The number of carbonyl (C=O) groups excluding carboxylic acids is 1. The first-order valence-corrected chi connectivity index (χ1v) is 13.0. The Morgan fingerprint density at radius 1 is 1.15 bits per heavy atom. The van der Waals surface area contributed by atoms with E-state index in [9.17, 15) is 4.79 Å². The van der Waals surface area contributed by atoms with Crippen LogP contribution in [0.2, 0.25) is 0 Å². The van der Waals surface area contributed by atoms with E-state index in [1.54, 1.807) is 7.11 Å². The molecule has 2 aliphatic rings. The molecule has 2 fully saturated rings. The summed E-state index contributed by atoms with van der Waals surface area (Å²) in [5, 5.41) is 0.878. The van der Waals surface area contributed by atoms with E-state index in [2.05, 4.69) is 16.7 Å². The summed E-state index contributed by atoms with van der Waals surface area (Å²) in [6, 6.07) is 18.6. The molecule has 2 aromatic carbocycles. The van der Waals surface area contributed by atoms with Gasteiger partial charge in [0.1, 0.15) is 5.75 Å². The zero-order valence-electron chi connectivity index (χ0n) is 19.6. The van der Waals surface area contributed by atoms with Crippen LogP contribution in [-0.4, -0.2) is 52.0 Å².